The SMILES string of the molecule is CC(C)CS(=O)(=O)N(C)Cc1ccccc1C#CCN. The number of nitrogens with two attached hydrogens (primary N) is 1. The Kier molecular flexibility index (Phi) is 6.21. The summed E-state index contributed by atoms with van der Waals surface area (Å²) in [6.07, 6.45) is 0. The van der Waals surface area contributed by atoms with E-state index in [9.17, 15) is 8.42 Å². The fraction of sp³-hybridized carbons (Fsp3) is 0.467. The van der Waals surface area contributed by atoms with Crippen LogP contribution in [0, 0.1) is 17.8 Å². The highest BCUT2D eigenvalue weighted by Gasteiger charge is 2.20. The minimum atomic E-state index is -3.23. The van der Waals surface area contributed by atoms with E-state index in [1.807, 2.05) is 38.1 Å². The Balaban J connectivity index is 2.93. The van der Waals surface area contributed by atoms with Gasteiger partial charge < -0.3 is 5.73 Å². The van der Waals surface area contributed by atoms with E-state index in [0.29, 0.717) is 6.54 Å². The first-order chi connectivity index (χ1) is 9.36. The van der Waals surface area contributed by atoms with Crippen LogP contribution in [0.1, 0.15) is 25.0 Å². The Morgan fingerprint density at radius 3 is 2.55 bits per heavy atom. The summed E-state index contributed by atoms with van der Waals surface area (Å²) in [6, 6.07) is 7.53. The van der Waals surface area contributed by atoms with E-state index in [4.69, 9.17) is 5.73 Å². The molecule has 0 aliphatic rings. The maximum Gasteiger partial charge on any atom is 0.214 e. The zero-order chi connectivity index (χ0) is 15.2. The van der Waals surface area contributed by atoms with Gasteiger partial charge in [0.05, 0.1) is 12.3 Å². The van der Waals surface area contributed by atoms with Gasteiger partial charge in [0, 0.05) is 19.2 Å². The largest absolute Gasteiger partial charge is 0.320 e. The molecule has 0 saturated carbocycles. The Bertz CT molecular complexity index is 598. The lowest BCUT2D eigenvalue weighted by atomic mass is 10.1. The number of benzene rings is 1. The van der Waals surface area contributed by atoms with Crippen LogP contribution in [0.4, 0.5) is 0 Å². The molecule has 1 aromatic rings. The fourth-order valence-electron chi connectivity index (χ4n) is 1.81. The quantitative estimate of drug-likeness (QED) is 0.835. The van der Waals surface area contributed by atoms with Crippen molar-refractivity contribution in [1.82, 2.24) is 4.31 Å². The first-order valence-corrected chi connectivity index (χ1v) is 8.18. The van der Waals surface area contributed by atoms with Gasteiger partial charge >= 0.3 is 0 Å². The zero-order valence-corrected chi connectivity index (χ0v) is 13.1. The van der Waals surface area contributed by atoms with Crippen LogP contribution in [0.5, 0.6) is 0 Å². The van der Waals surface area contributed by atoms with Crippen LogP contribution < -0.4 is 5.73 Å². The number of rotatable bonds is 5. The number of hydrogen-bond acceptors (Lipinski definition) is 3. The summed E-state index contributed by atoms with van der Waals surface area (Å²) in [5.41, 5.74) is 7.09. The van der Waals surface area contributed by atoms with Crippen LogP contribution in [0.2, 0.25) is 0 Å². The Labute approximate surface area is 122 Å². The molecule has 0 saturated heterocycles. The van der Waals surface area contributed by atoms with E-state index in [-0.39, 0.29) is 18.2 Å². The highest BCUT2D eigenvalue weighted by atomic mass is 32.2. The Morgan fingerprint density at radius 1 is 1.30 bits per heavy atom. The molecule has 110 valence electrons. The molecule has 0 fully saturated rings. The maximum atomic E-state index is 12.1. The molecule has 0 radical (unpaired) electrons. The Hall–Kier alpha value is -1.35. The second-order valence-electron chi connectivity index (χ2n) is 5.09. The number of nitrogens with zero attached hydrogens (tertiary/aromatic N) is 1. The van der Waals surface area contributed by atoms with Gasteiger partial charge in [0.15, 0.2) is 0 Å². The van der Waals surface area contributed by atoms with Crippen LogP contribution >= 0.6 is 0 Å². The van der Waals surface area contributed by atoms with Crippen LogP contribution in [0.15, 0.2) is 24.3 Å². The molecule has 1 aromatic carbocycles. The molecule has 0 aromatic heterocycles. The summed E-state index contributed by atoms with van der Waals surface area (Å²) in [5.74, 6) is 6.03. The maximum absolute atomic E-state index is 12.1. The summed E-state index contributed by atoms with van der Waals surface area (Å²) < 4.78 is 25.7. The lowest BCUT2D eigenvalue weighted by molar-refractivity contribution is 0.459. The van der Waals surface area contributed by atoms with Crippen LogP contribution in [-0.4, -0.2) is 32.1 Å². The monoisotopic (exact) mass is 294 g/mol. The molecule has 0 spiro atoms. The predicted octanol–water partition coefficient (Wildman–Crippen LogP) is 1.41. The highest BCUT2D eigenvalue weighted by molar-refractivity contribution is 7.89. The van der Waals surface area contributed by atoms with E-state index < -0.39 is 10.0 Å². The first-order valence-electron chi connectivity index (χ1n) is 6.57. The molecule has 0 heterocycles. The zero-order valence-electron chi connectivity index (χ0n) is 12.3. The average Bonchev–Trinajstić information content (AvgIpc) is 2.36. The van der Waals surface area contributed by atoms with Gasteiger partial charge in [-0.25, -0.2) is 12.7 Å². The molecule has 4 nitrogen and oxygen atoms in total. The van der Waals surface area contributed by atoms with Crippen molar-refractivity contribution in [3.8, 4) is 11.8 Å². The van der Waals surface area contributed by atoms with Crippen molar-refractivity contribution < 1.29 is 8.42 Å². The molecule has 1 rings (SSSR count). The lowest BCUT2D eigenvalue weighted by Crippen LogP contribution is -2.30. The molecule has 0 atom stereocenters. The first kappa shape index (κ1) is 16.7. The fourth-order valence-corrected chi connectivity index (χ4v) is 3.25. The van der Waals surface area contributed by atoms with Gasteiger partial charge in [-0.05, 0) is 17.5 Å². The summed E-state index contributed by atoms with van der Waals surface area (Å²) in [4.78, 5) is 0. The van der Waals surface area contributed by atoms with E-state index in [0.717, 1.165) is 11.1 Å². The molecule has 0 amide bonds. The molecule has 20 heavy (non-hydrogen) atoms. The normalized spacial score (nSPS) is 11.5. The topological polar surface area (TPSA) is 63.4 Å². The van der Waals surface area contributed by atoms with E-state index in [1.54, 1.807) is 7.05 Å². The predicted molar refractivity (Wildman–Crippen MR) is 82.5 cm³/mol. The van der Waals surface area contributed by atoms with Crippen molar-refractivity contribution in [2.75, 3.05) is 19.3 Å². The average molecular weight is 294 g/mol. The third-order valence-electron chi connectivity index (χ3n) is 2.75. The van der Waals surface area contributed by atoms with Gasteiger partial charge in [-0.1, -0.05) is 43.9 Å². The van der Waals surface area contributed by atoms with Gasteiger partial charge in [0.2, 0.25) is 10.0 Å². The summed E-state index contributed by atoms with van der Waals surface area (Å²) in [5, 5.41) is 0. The Morgan fingerprint density at radius 2 is 1.95 bits per heavy atom. The molecule has 0 unspecified atom stereocenters. The van der Waals surface area contributed by atoms with Gasteiger partial charge in [0.25, 0.3) is 0 Å². The van der Waals surface area contributed by atoms with Crippen molar-refractivity contribution in [2.45, 2.75) is 20.4 Å². The smallest absolute Gasteiger partial charge is 0.214 e. The summed E-state index contributed by atoms with van der Waals surface area (Å²) in [6.45, 7) is 4.40. The summed E-state index contributed by atoms with van der Waals surface area (Å²) in [7, 11) is -1.63. The molecule has 0 aliphatic heterocycles. The van der Waals surface area contributed by atoms with Crippen LogP contribution in [0.25, 0.3) is 0 Å². The molecular weight excluding hydrogens is 272 g/mol. The van der Waals surface area contributed by atoms with Gasteiger partial charge in [0.1, 0.15) is 0 Å². The van der Waals surface area contributed by atoms with Crippen molar-refractivity contribution in [3.63, 3.8) is 0 Å². The van der Waals surface area contributed by atoms with Gasteiger partial charge in [-0.15, -0.1) is 0 Å². The van der Waals surface area contributed by atoms with Crippen LogP contribution in [0.3, 0.4) is 0 Å². The van der Waals surface area contributed by atoms with E-state index in [1.165, 1.54) is 4.31 Å². The second-order valence-corrected chi connectivity index (χ2v) is 7.21. The van der Waals surface area contributed by atoms with Crippen molar-refractivity contribution in [3.05, 3.63) is 35.4 Å². The molecule has 5 heteroatoms. The number of hydrogen-bond donors (Lipinski definition) is 1. The number of sulfonamides is 1. The van der Waals surface area contributed by atoms with Crippen molar-refractivity contribution in [1.29, 1.82) is 0 Å². The standard InChI is InChI=1S/C15H22N2O2S/c1-13(2)12-20(18,19)17(3)11-15-8-5-4-7-14(15)9-6-10-16/h4-5,7-8,13H,10-12,16H2,1-3H3. The summed E-state index contributed by atoms with van der Waals surface area (Å²) >= 11 is 0. The van der Waals surface area contributed by atoms with Crippen LogP contribution in [-0.2, 0) is 16.6 Å². The molecule has 0 aliphatic carbocycles. The van der Waals surface area contributed by atoms with Crippen molar-refractivity contribution >= 4 is 10.0 Å². The third-order valence-corrected chi connectivity index (χ3v) is 4.92. The minimum absolute atomic E-state index is 0.106. The van der Waals surface area contributed by atoms with E-state index in [2.05, 4.69) is 11.8 Å². The van der Waals surface area contributed by atoms with Gasteiger partial charge in [-0.3, -0.25) is 0 Å². The minimum Gasteiger partial charge on any atom is -0.320 e. The molecular formula is C15H22N2O2S. The van der Waals surface area contributed by atoms with Gasteiger partial charge in [-0.2, -0.15) is 0 Å². The highest BCUT2D eigenvalue weighted by Crippen LogP contribution is 2.13. The molecule has 0 bridgehead atoms. The van der Waals surface area contributed by atoms with Crippen molar-refractivity contribution in [2.24, 2.45) is 11.7 Å². The lowest BCUT2D eigenvalue weighted by Gasteiger charge is -2.19. The third kappa shape index (κ3) is 4.97. The second kappa shape index (κ2) is 7.44. The molecule has 2 N–H and O–H groups in total. The van der Waals surface area contributed by atoms with E-state index >= 15 is 0 Å².